The molecule has 0 aromatic heterocycles. The van der Waals surface area contributed by atoms with E-state index in [1.807, 2.05) is 0 Å². The van der Waals surface area contributed by atoms with Crippen LogP contribution in [0.1, 0.15) is 12.8 Å². The van der Waals surface area contributed by atoms with Crippen molar-refractivity contribution in [1.82, 2.24) is 0 Å². The van der Waals surface area contributed by atoms with Crippen molar-refractivity contribution in [3.8, 4) is 0 Å². The van der Waals surface area contributed by atoms with Crippen LogP contribution >= 0.6 is 0 Å². The molecule has 0 aliphatic rings. The topological polar surface area (TPSA) is 54.4 Å². The summed E-state index contributed by atoms with van der Waals surface area (Å²) in [5, 5.41) is 0. The zero-order chi connectivity index (χ0) is 15.2. The van der Waals surface area contributed by atoms with Crippen molar-refractivity contribution < 1.29 is 39.3 Å². The molecule has 0 amide bonds. The molecule has 3 nitrogen and oxygen atoms in total. The minimum Gasteiger partial charge on any atom is -0.285 e. The van der Waals surface area contributed by atoms with E-state index in [0.29, 0.717) is 0 Å². The van der Waals surface area contributed by atoms with Crippen LogP contribution in [0.5, 0.6) is 0 Å². The Morgan fingerprint density at radius 3 is 1.79 bits per heavy atom. The van der Waals surface area contributed by atoms with Gasteiger partial charge in [-0.15, -0.1) is 0 Å². The maximum Gasteiger partial charge on any atom is 0.267 e. The first kappa shape index (κ1) is 18.5. The summed E-state index contributed by atoms with van der Waals surface area (Å²) >= 11 is 0. The normalized spacial score (nSPS) is 20.6. The van der Waals surface area contributed by atoms with Crippen LogP contribution in [0.3, 0.4) is 0 Å². The fourth-order valence-electron chi connectivity index (χ4n) is 1.30. The molecule has 0 saturated heterocycles. The highest BCUT2D eigenvalue weighted by atomic mass is 32.2. The molecule has 0 saturated carbocycles. The summed E-state index contributed by atoms with van der Waals surface area (Å²) in [6, 6.07) is 0. The van der Waals surface area contributed by atoms with Gasteiger partial charge in [-0.1, -0.05) is 0 Å². The molecule has 5 atom stereocenters. The Morgan fingerprint density at radius 1 is 0.895 bits per heavy atom. The van der Waals surface area contributed by atoms with Crippen LogP contribution < -0.4 is 0 Å². The van der Waals surface area contributed by atoms with E-state index < -0.39 is 66.2 Å². The predicted octanol–water partition coefficient (Wildman–Crippen LogP) is 2.31. The molecule has 0 bridgehead atoms. The van der Waals surface area contributed by atoms with Crippen LogP contribution in [0.25, 0.3) is 0 Å². The van der Waals surface area contributed by atoms with E-state index in [-0.39, 0.29) is 0 Å². The van der Waals surface area contributed by atoms with Crippen LogP contribution in [0.15, 0.2) is 0 Å². The van der Waals surface area contributed by atoms with Crippen molar-refractivity contribution in [1.29, 1.82) is 0 Å². The van der Waals surface area contributed by atoms with Crippen LogP contribution in [-0.4, -0.2) is 56.3 Å². The molecule has 0 aliphatic heterocycles. The lowest BCUT2D eigenvalue weighted by molar-refractivity contribution is 0.00326. The number of rotatable bonds is 9. The fourth-order valence-corrected chi connectivity index (χ4v) is 1.89. The van der Waals surface area contributed by atoms with Crippen molar-refractivity contribution in [3.05, 3.63) is 0 Å². The molecule has 0 aliphatic carbocycles. The molecule has 0 heterocycles. The number of alkyl halides is 6. The lowest BCUT2D eigenvalue weighted by Crippen LogP contribution is -2.41. The number of hydrogen-bond donors (Lipinski definition) is 1. The second-order valence-electron chi connectivity index (χ2n) is 3.95. The van der Waals surface area contributed by atoms with Gasteiger partial charge in [0.25, 0.3) is 10.1 Å². The Hall–Kier alpha value is -0.510. The van der Waals surface area contributed by atoms with Crippen molar-refractivity contribution >= 4 is 10.1 Å². The summed E-state index contributed by atoms with van der Waals surface area (Å²) in [5.41, 5.74) is 0. The minimum atomic E-state index is -4.91. The molecule has 19 heavy (non-hydrogen) atoms. The van der Waals surface area contributed by atoms with Crippen molar-refractivity contribution in [3.63, 3.8) is 0 Å². The molecule has 0 fully saturated rings. The summed E-state index contributed by atoms with van der Waals surface area (Å²) in [7, 11) is -4.91. The van der Waals surface area contributed by atoms with E-state index >= 15 is 0 Å². The first-order valence-corrected chi connectivity index (χ1v) is 6.92. The van der Waals surface area contributed by atoms with Gasteiger partial charge in [0.05, 0.1) is 6.67 Å². The molecule has 0 rings (SSSR count). The van der Waals surface area contributed by atoms with Crippen LogP contribution in [0, 0.1) is 0 Å². The highest BCUT2D eigenvalue weighted by Crippen LogP contribution is 2.24. The second-order valence-corrected chi connectivity index (χ2v) is 5.44. The molecule has 1 N–H and O–H groups in total. The van der Waals surface area contributed by atoms with E-state index in [2.05, 4.69) is 0 Å². The first-order chi connectivity index (χ1) is 8.60. The Kier molecular flexibility index (Phi) is 7.72. The highest BCUT2D eigenvalue weighted by Gasteiger charge is 2.41. The van der Waals surface area contributed by atoms with Gasteiger partial charge in [-0.2, -0.15) is 8.42 Å². The molecule has 0 aromatic carbocycles. The Morgan fingerprint density at radius 2 is 1.37 bits per heavy atom. The van der Waals surface area contributed by atoms with Crippen molar-refractivity contribution in [2.24, 2.45) is 0 Å². The maximum atomic E-state index is 13.1. The standard InChI is InChI=1S/C9H14F6O3S/c10-3-1-2-5(11)7(13)9(15)8(14)6(12)4-19(16,17)18/h5-9H,1-4H2,(H,16,17,18). The molecule has 10 heteroatoms. The van der Waals surface area contributed by atoms with E-state index in [1.165, 1.54) is 0 Å². The van der Waals surface area contributed by atoms with Gasteiger partial charge in [-0.05, 0) is 12.8 Å². The predicted molar refractivity (Wildman–Crippen MR) is 56.1 cm³/mol. The monoisotopic (exact) mass is 316 g/mol. The second kappa shape index (κ2) is 7.93. The molecule has 0 aromatic rings. The maximum absolute atomic E-state index is 13.1. The van der Waals surface area contributed by atoms with Crippen LogP contribution in [-0.2, 0) is 10.1 Å². The van der Waals surface area contributed by atoms with Crippen molar-refractivity contribution in [2.75, 3.05) is 12.4 Å². The molecular weight excluding hydrogens is 302 g/mol. The van der Waals surface area contributed by atoms with Gasteiger partial charge in [-0.3, -0.25) is 8.94 Å². The Bertz CT molecular complexity index is 352. The summed E-state index contributed by atoms with van der Waals surface area (Å²) in [6.45, 7) is -0.975. The zero-order valence-electron chi connectivity index (χ0n) is 9.65. The van der Waals surface area contributed by atoms with Gasteiger partial charge < -0.3 is 0 Å². The van der Waals surface area contributed by atoms with Gasteiger partial charge in [0.1, 0.15) is 11.9 Å². The lowest BCUT2D eigenvalue weighted by atomic mass is 10.0. The summed E-state index contributed by atoms with van der Waals surface area (Å²) in [5.74, 6) is -1.76. The van der Waals surface area contributed by atoms with E-state index in [0.717, 1.165) is 0 Å². The molecule has 0 radical (unpaired) electrons. The highest BCUT2D eigenvalue weighted by molar-refractivity contribution is 7.85. The fraction of sp³-hybridized carbons (Fsp3) is 1.00. The number of hydrogen-bond acceptors (Lipinski definition) is 2. The third-order valence-electron chi connectivity index (χ3n) is 2.28. The SMILES string of the molecule is O=S(=O)(O)CC(F)C(F)C(F)C(F)C(F)CCCF. The van der Waals surface area contributed by atoms with Gasteiger partial charge in [0, 0.05) is 0 Å². The van der Waals surface area contributed by atoms with Gasteiger partial charge >= 0.3 is 0 Å². The smallest absolute Gasteiger partial charge is 0.267 e. The van der Waals surface area contributed by atoms with Crippen molar-refractivity contribution in [2.45, 2.75) is 43.7 Å². The van der Waals surface area contributed by atoms with E-state index in [4.69, 9.17) is 4.55 Å². The van der Waals surface area contributed by atoms with E-state index in [1.54, 1.807) is 0 Å². The van der Waals surface area contributed by atoms with Gasteiger partial charge in [0.15, 0.2) is 24.7 Å². The first-order valence-electron chi connectivity index (χ1n) is 5.31. The average Bonchev–Trinajstić information content (AvgIpc) is 2.30. The molecular formula is C9H14F6O3S. The molecule has 5 unspecified atom stereocenters. The van der Waals surface area contributed by atoms with Gasteiger partial charge in [0.2, 0.25) is 0 Å². The third kappa shape index (κ3) is 7.00. The average molecular weight is 316 g/mol. The quantitative estimate of drug-likeness (QED) is 0.525. The largest absolute Gasteiger partial charge is 0.285 e. The third-order valence-corrected chi connectivity index (χ3v) is 3.02. The summed E-state index contributed by atoms with van der Waals surface area (Å²) in [6.07, 6.45) is -16.2. The summed E-state index contributed by atoms with van der Waals surface area (Å²) in [4.78, 5) is 0. The lowest BCUT2D eigenvalue weighted by Gasteiger charge is -2.22. The Labute approximate surface area is 106 Å². The zero-order valence-corrected chi connectivity index (χ0v) is 10.5. The Balaban J connectivity index is 4.49. The van der Waals surface area contributed by atoms with Crippen LogP contribution in [0.4, 0.5) is 26.3 Å². The molecule has 0 spiro atoms. The molecule has 116 valence electrons. The minimum absolute atomic E-state index is 0.407. The van der Waals surface area contributed by atoms with Crippen LogP contribution in [0.2, 0.25) is 0 Å². The number of halogens is 6. The summed E-state index contributed by atoms with van der Waals surface area (Å²) < 4.78 is 105. The van der Waals surface area contributed by atoms with E-state index in [9.17, 15) is 34.8 Å². The van der Waals surface area contributed by atoms with Gasteiger partial charge in [-0.25, -0.2) is 22.0 Å².